The Morgan fingerprint density at radius 1 is 1.00 bits per heavy atom. The highest BCUT2D eigenvalue weighted by Crippen LogP contribution is 2.16. The molecular formula is C18H24N2O4. The second kappa shape index (κ2) is 10.2. The number of aromatic nitrogens is 1. The van der Waals surface area contributed by atoms with Crippen molar-refractivity contribution in [3.63, 3.8) is 0 Å². The summed E-state index contributed by atoms with van der Waals surface area (Å²) >= 11 is 0. The van der Waals surface area contributed by atoms with E-state index in [1.54, 1.807) is 13.8 Å². The van der Waals surface area contributed by atoms with Crippen molar-refractivity contribution in [1.29, 1.82) is 0 Å². The molecule has 0 aromatic carbocycles. The van der Waals surface area contributed by atoms with Gasteiger partial charge in [-0.3, -0.25) is 4.98 Å². The van der Waals surface area contributed by atoms with E-state index in [4.69, 9.17) is 9.47 Å². The molecule has 1 aliphatic heterocycles. The van der Waals surface area contributed by atoms with Crippen molar-refractivity contribution in [2.45, 2.75) is 34.1 Å². The maximum atomic E-state index is 11.4. The molecule has 2 rings (SSSR count). The van der Waals surface area contributed by atoms with Gasteiger partial charge < -0.3 is 14.8 Å². The Labute approximate surface area is 142 Å². The molecule has 0 unspecified atom stereocenters. The highest BCUT2D eigenvalue weighted by molar-refractivity contribution is 5.95. The van der Waals surface area contributed by atoms with Gasteiger partial charge in [0.15, 0.2) is 0 Å². The number of rotatable bonds is 4. The summed E-state index contributed by atoms with van der Waals surface area (Å²) in [7, 11) is 0. The maximum Gasteiger partial charge on any atom is 0.335 e. The minimum atomic E-state index is -0.412. The number of dihydropyridines is 1. The number of nitrogens with one attached hydrogen (secondary N) is 1. The number of pyridine rings is 1. The van der Waals surface area contributed by atoms with Gasteiger partial charge in [0.05, 0.1) is 24.4 Å². The summed E-state index contributed by atoms with van der Waals surface area (Å²) < 4.78 is 9.69. The number of esters is 2. The van der Waals surface area contributed by atoms with Crippen LogP contribution in [0.25, 0.3) is 0 Å². The molecular weight excluding hydrogens is 308 g/mol. The van der Waals surface area contributed by atoms with Gasteiger partial charge >= 0.3 is 11.9 Å². The Morgan fingerprint density at radius 3 is 1.79 bits per heavy atom. The minimum Gasteiger partial charge on any atom is -0.463 e. The number of carbonyl (C=O) groups is 2. The lowest BCUT2D eigenvalue weighted by Crippen LogP contribution is -2.19. The first kappa shape index (κ1) is 19.4. The molecule has 0 amide bonds. The molecule has 1 aromatic heterocycles. The van der Waals surface area contributed by atoms with Crippen molar-refractivity contribution in [1.82, 2.24) is 10.3 Å². The largest absolute Gasteiger partial charge is 0.463 e. The Morgan fingerprint density at radius 2 is 1.46 bits per heavy atom. The van der Waals surface area contributed by atoms with E-state index in [1.807, 2.05) is 32.0 Å². The van der Waals surface area contributed by atoms with E-state index >= 15 is 0 Å². The van der Waals surface area contributed by atoms with E-state index < -0.39 is 11.9 Å². The lowest BCUT2D eigenvalue weighted by molar-refractivity contribution is -0.139. The molecule has 1 aromatic rings. The quantitative estimate of drug-likeness (QED) is 0.854. The van der Waals surface area contributed by atoms with Gasteiger partial charge in [-0.2, -0.15) is 0 Å². The molecule has 24 heavy (non-hydrogen) atoms. The fraction of sp³-hybridized carbons (Fsp3) is 0.389. The highest BCUT2D eigenvalue weighted by atomic mass is 16.5. The van der Waals surface area contributed by atoms with Gasteiger partial charge in [-0.15, -0.1) is 0 Å². The van der Waals surface area contributed by atoms with Crippen molar-refractivity contribution in [2.24, 2.45) is 0 Å². The summed E-state index contributed by atoms with van der Waals surface area (Å²) in [5.74, 6) is -0.824. The standard InChI is InChI=1S/C11H15NO4.C7H9N/c1-3-15-10(13)8-5-9(7-12-6-8)11(14)16-4-2;1-6-4-3-5-7(2)8-6/h6-7,12H,3-5H2,1-2H3;3-5H,1-2H3. The third-order valence-corrected chi connectivity index (χ3v) is 3.00. The van der Waals surface area contributed by atoms with E-state index in [-0.39, 0.29) is 6.42 Å². The predicted octanol–water partition coefficient (Wildman–Crippen LogP) is 2.57. The fourth-order valence-corrected chi connectivity index (χ4v) is 1.94. The number of aryl methyl sites for hydroxylation is 2. The summed E-state index contributed by atoms with van der Waals surface area (Å²) in [6, 6.07) is 6.00. The second-order valence-electron chi connectivity index (χ2n) is 5.04. The van der Waals surface area contributed by atoms with Crippen molar-refractivity contribution in [3.8, 4) is 0 Å². The Kier molecular flexibility index (Phi) is 8.25. The number of carbonyl (C=O) groups excluding carboxylic acids is 2. The highest BCUT2D eigenvalue weighted by Gasteiger charge is 2.20. The first-order chi connectivity index (χ1) is 11.5. The number of hydrogen-bond donors (Lipinski definition) is 1. The lowest BCUT2D eigenvalue weighted by Gasteiger charge is -2.13. The summed E-state index contributed by atoms with van der Waals surface area (Å²) in [6.45, 7) is 8.08. The Bertz CT molecular complexity index is 586. The minimum absolute atomic E-state index is 0.241. The summed E-state index contributed by atoms with van der Waals surface area (Å²) in [6.07, 6.45) is 3.30. The van der Waals surface area contributed by atoms with Crippen molar-refractivity contribution >= 4 is 11.9 Å². The second-order valence-corrected chi connectivity index (χ2v) is 5.04. The Balaban J connectivity index is 0.000000300. The monoisotopic (exact) mass is 332 g/mol. The van der Waals surface area contributed by atoms with Crippen molar-refractivity contribution in [3.05, 3.63) is 53.1 Å². The molecule has 0 atom stereocenters. The summed E-state index contributed by atoms with van der Waals surface area (Å²) in [5, 5.41) is 2.74. The zero-order valence-corrected chi connectivity index (χ0v) is 14.6. The van der Waals surface area contributed by atoms with Gasteiger partial charge in [0.2, 0.25) is 0 Å². The van der Waals surface area contributed by atoms with Gasteiger partial charge in [-0.1, -0.05) is 6.07 Å². The summed E-state index contributed by atoms with van der Waals surface area (Å²) in [4.78, 5) is 27.0. The van der Waals surface area contributed by atoms with Crippen LogP contribution in [0.2, 0.25) is 0 Å². The number of ether oxygens (including phenoxy) is 2. The van der Waals surface area contributed by atoms with Crippen molar-refractivity contribution in [2.75, 3.05) is 13.2 Å². The summed E-state index contributed by atoms with van der Waals surface area (Å²) in [5.41, 5.74) is 3.02. The van der Waals surface area contributed by atoms with Crippen LogP contribution >= 0.6 is 0 Å². The van der Waals surface area contributed by atoms with Gasteiger partial charge in [0, 0.05) is 30.2 Å². The van der Waals surface area contributed by atoms with Gasteiger partial charge in [-0.05, 0) is 39.8 Å². The number of hydrogen-bond acceptors (Lipinski definition) is 6. The topological polar surface area (TPSA) is 77.5 Å². The molecule has 0 aliphatic carbocycles. The van der Waals surface area contributed by atoms with E-state index in [9.17, 15) is 9.59 Å². The molecule has 0 fully saturated rings. The van der Waals surface area contributed by atoms with E-state index in [2.05, 4.69) is 10.3 Å². The van der Waals surface area contributed by atoms with Crippen LogP contribution in [0.15, 0.2) is 41.7 Å². The molecule has 0 radical (unpaired) electrons. The normalized spacial score (nSPS) is 12.7. The molecule has 2 heterocycles. The maximum absolute atomic E-state index is 11.4. The van der Waals surface area contributed by atoms with Crippen LogP contribution in [0, 0.1) is 13.8 Å². The van der Waals surface area contributed by atoms with E-state index in [1.165, 1.54) is 12.4 Å². The fourth-order valence-electron chi connectivity index (χ4n) is 1.94. The van der Waals surface area contributed by atoms with Crippen LogP contribution in [0.1, 0.15) is 31.7 Å². The van der Waals surface area contributed by atoms with Crippen LogP contribution in [0.4, 0.5) is 0 Å². The SMILES string of the molecule is CCOC(=O)C1=CNC=C(C(=O)OCC)C1.Cc1cccc(C)n1. The molecule has 0 spiro atoms. The third-order valence-electron chi connectivity index (χ3n) is 3.00. The first-order valence-electron chi connectivity index (χ1n) is 7.86. The zero-order chi connectivity index (χ0) is 17.9. The molecule has 6 nitrogen and oxygen atoms in total. The van der Waals surface area contributed by atoms with Gasteiger partial charge in [0.25, 0.3) is 0 Å². The average Bonchev–Trinajstić information content (AvgIpc) is 2.56. The van der Waals surface area contributed by atoms with Gasteiger partial charge in [0.1, 0.15) is 0 Å². The molecule has 6 heteroatoms. The zero-order valence-electron chi connectivity index (χ0n) is 14.6. The average molecular weight is 332 g/mol. The van der Waals surface area contributed by atoms with Crippen LogP contribution in [-0.2, 0) is 19.1 Å². The Hall–Kier alpha value is -2.63. The molecule has 1 aliphatic rings. The lowest BCUT2D eigenvalue weighted by atomic mass is 10.1. The van der Waals surface area contributed by atoms with E-state index in [0.29, 0.717) is 24.4 Å². The van der Waals surface area contributed by atoms with Crippen LogP contribution in [0.5, 0.6) is 0 Å². The predicted molar refractivity (Wildman–Crippen MR) is 90.9 cm³/mol. The molecule has 1 N–H and O–H groups in total. The molecule has 0 saturated heterocycles. The smallest absolute Gasteiger partial charge is 0.335 e. The van der Waals surface area contributed by atoms with Crippen LogP contribution in [-0.4, -0.2) is 30.1 Å². The van der Waals surface area contributed by atoms with E-state index in [0.717, 1.165) is 11.4 Å². The third kappa shape index (κ3) is 6.64. The van der Waals surface area contributed by atoms with Crippen LogP contribution in [0.3, 0.4) is 0 Å². The number of nitrogens with zero attached hydrogens (tertiary/aromatic N) is 1. The first-order valence-corrected chi connectivity index (χ1v) is 7.86. The van der Waals surface area contributed by atoms with Crippen molar-refractivity contribution < 1.29 is 19.1 Å². The molecule has 0 bridgehead atoms. The molecule has 0 saturated carbocycles. The molecule has 130 valence electrons. The van der Waals surface area contributed by atoms with Crippen LogP contribution < -0.4 is 5.32 Å². The van der Waals surface area contributed by atoms with Gasteiger partial charge in [-0.25, -0.2) is 9.59 Å².